The van der Waals surface area contributed by atoms with Crippen molar-refractivity contribution in [2.75, 3.05) is 6.54 Å². The highest BCUT2D eigenvalue weighted by atomic mass is 16.1. The summed E-state index contributed by atoms with van der Waals surface area (Å²) in [7, 11) is 0. The summed E-state index contributed by atoms with van der Waals surface area (Å²) in [4.78, 5) is 11.6. The minimum absolute atomic E-state index is 0.00948. The Morgan fingerprint density at radius 3 is 1.65 bits per heavy atom. The third-order valence-corrected chi connectivity index (χ3v) is 3.54. The Kier molecular flexibility index (Phi) is 8.70. The van der Waals surface area contributed by atoms with E-state index in [0.29, 0.717) is 6.54 Å². The molecular weight excluding hydrogens is 320 g/mol. The van der Waals surface area contributed by atoms with Crippen LogP contribution >= 0.6 is 0 Å². The first kappa shape index (κ1) is 22.1. The van der Waals surface area contributed by atoms with Gasteiger partial charge in [-0.1, -0.05) is 60.7 Å². The van der Waals surface area contributed by atoms with Crippen molar-refractivity contribution in [3.05, 3.63) is 71.8 Å². The summed E-state index contributed by atoms with van der Waals surface area (Å²) in [5, 5.41) is 6.61. The second kappa shape index (κ2) is 10.2. The molecule has 0 unspecified atom stereocenters. The van der Waals surface area contributed by atoms with Crippen molar-refractivity contribution in [2.45, 2.75) is 59.2 Å². The van der Waals surface area contributed by atoms with Gasteiger partial charge >= 0.3 is 0 Å². The molecule has 26 heavy (non-hydrogen) atoms. The van der Waals surface area contributed by atoms with Crippen molar-refractivity contribution >= 4 is 5.78 Å². The lowest BCUT2D eigenvalue weighted by molar-refractivity contribution is 0.0982. The van der Waals surface area contributed by atoms with Crippen LogP contribution in [-0.2, 0) is 6.54 Å². The molecule has 0 saturated heterocycles. The molecule has 0 aliphatic heterocycles. The van der Waals surface area contributed by atoms with Crippen LogP contribution in [0.4, 0.5) is 0 Å². The van der Waals surface area contributed by atoms with Gasteiger partial charge in [-0.2, -0.15) is 0 Å². The average molecular weight is 355 g/mol. The molecule has 2 aromatic rings. The molecule has 2 aromatic carbocycles. The monoisotopic (exact) mass is 354 g/mol. The molecule has 0 aliphatic carbocycles. The first-order valence-corrected chi connectivity index (χ1v) is 9.19. The summed E-state index contributed by atoms with van der Waals surface area (Å²) in [6, 6.07) is 19.8. The molecular formula is C23H34N2O. The van der Waals surface area contributed by atoms with Gasteiger partial charge in [0.05, 0.1) is 6.54 Å². The molecule has 0 aromatic heterocycles. The van der Waals surface area contributed by atoms with Crippen molar-refractivity contribution in [1.82, 2.24) is 10.6 Å². The summed E-state index contributed by atoms with van der Waals surface area (Å²) in [5.74, 6) is 0.139. The number of Topliss-reactive ketones (excluding diaryl/α,β-unsaturated/α-hetero) is 1. The Morgan fingerprint density at radius 1 is 0.731 bits per heavy atom. The predicted molar refractivity (Wildman–Crippen MR) is 112 cm³/mol. The minimum Gasteiger partial charge on any atom is -0.308 e. The van der Waals surface area contributed by atoms with E-state index in [9.17, 15) is 4.79 Å². The van der Waals surface area contributed by atoms with Gasteiger partial charge in [0.1, 0.15) is 0 Å². The quantitative estimate of drug-likeness (QED) is 0.756. The molecule has 142 valence electrons. The van der Waals surface area contributed by atoms with Crippen LogP contribution in [0.15, 0.2) is 60.7 Å². The van der Waals surface area contributed by atoms with Gasteiger partial charge in [-0.3, -0.25) is 4.79 Å². The molecule has 0 aliphatic rings. The van der Waals surface area contributed by atoms with Crippen molar-refractivity contribution in [3.63, 3.8) is 0 Å². The fourth-order valence-electron chi connectivity index (χ4n) is 2.03. The Labute approximate surface area is 159 Å². The number of hydrogen-bond acceptors (Lipinski definition) is 3. The molecule has 3 nitrogen and oxygen atoms in total. The fraction of sp³-hybridized carbons (Fsp3) is 0.435. The second-order valence-electron chi connectivity index (χ2n) is 8.48. The van der Waals surface area contributed by atoms with Gasteiger partial charge in [0.15, 0.2) is 5.78 Å². The van der Waals surface area contributed by atoms with Crippen molar-refractivity contribution in [1.29, 1.82) is 0 Å². The summed E-state index contributed by atoms with van der Waals surface area (Å²) >= 11 is 0. The molecule has 2 N–H and O–H groups in total. The molecule has 0 bridgehead atoms. The number of benzene rings is 2. The summed E-state index contributed by atoms with van der Waals surface area (Å²) in [6.45, 7) is 14.0. The van der Waals surface area contributed by atoms with Crippen LogP contribution in [0, 0.1) is 0 Å². The van der Waals surface area contributed by atoms with Crippen LogP contribution in [0.25, 0.3) is 0 Å². The highest BCUT2D eigenvalue weighted by molar-refractivity contribution is 5.97. The van der Waals surface area contributed by atoms with Crippen molar-refractivity contribution in [2.24, 2.45) is 0 Å². The van der Waals surface area contributed by atoms with Gasteiger partial charge in [-0.25, -0.2) is 0 Å². The van der Waals surface area contributed by atoms with Crippen LogP contribution in [0.2, 0.25) is 0 Å². The van der Waals surface area contributed by atoms with Crippen LogP contribution in [0.1, 0.15) is 57.5 Å². The van der Waals surface area contributed by atoms with Crippen molar-refractivity contribution < 1.29 is 4.79 Å². The standard InChI is InChI=1S/C12H17NO.C11H17N/c1-12(2,3)13-9-11(14)10-7-5-4-6-8-10;1-11(2,3)12-9-10-7-5-4-6-8-10/h4-8,13H,9H2,1-3H3;4-8,12H,9H2,1-3H3. The summed E-state index contributed by atoms with van der Waals surface area (Å²) < 4.78 is 0. The van der Waals surface area contributed by atoms with E-state index in [4.69, 9.17) is 0 Å². The van der Waals surface area contributed by atoms with Gasteiger partial charge in [0.2, 0.25) is 0 Å². The van der Waals surface area contributed by atoms with Crippen molar-refractivity contribution in [3.8, 4) is 0 Å². The van der Waals surface area contributed by atoms with Gasteiger partial charge < -0.3 is 10.6 Å². The SMILES string of the molecule is CC(C)(C)NCC(=O)c1ccccc1.CC(C)(C)NCc1ccccc1. The van der Waals surface area contributed by atoms with Gasteiger partial charge in [0.25, 0.3) is 0 Å². The smallest absolute Gasteiger partial charge is 0.176 e. The highest BCUT2D eigenvalue weighted by Crippen LogP contribution is 2.04. The van der Waals surface area contributed by atoms with E-state index < -0.39 is 0 Å². The lowest BCUT2D eigenvalue weighted by Gasteiger charge is -2.20. The van der Waals surface area contributed by atoms with Gasteiger partial charge in [-0.15, -0.1) is 0 Å². The fourth-order valence-corrected chi connectivity index (χ4v) is 2.03. The second-order valence-corrected chi connectivity index (χ2v) is 8.48. The Hall–Kier alpha value is -1.97. The molecule has 0 heterocycles. The number of nitrogens with one attached hydrogen (secondary N) is 2. The van der Waals surface area contributed by atoms with E-state index in [0.717, 1.165) is 12.1 Å². The van der Waals surface area contributed by atoms with Crippen LogP contribution in [-0.4, -0.2) is 23.4 Å². The average Bonchev–Trinajstić information content (AvgIpc) is 2.59. The molecule has 0 atom stereocenters. The number of rotatable bonds is 5. The maximum absolute atomic E-state index is 11.6. The van der Waals surface area contributed by atoms with E-state index in [1.807, 2.05) is 57.2 Å². The van der Waals surface area contributed by atoms with Crippen LogP contribution in [0.3, 0.4) is 0 Å². The minimum atomic E-state index is -0.00948. The molecule has 0 amide bonds. The maximum atomic E-state index is 11.6. The van der Waals surface area contributed by atoms with E-state index in [2.05, 4.69) is 55.7 Å². The van der Waals surface area contributed by atoms with Crippen LogP contribution < -0.4 is 10.6 Å². The zero-order valence-corrected chi connectivity index (χ0v) is 17.1. The predicted octanol–water partition coefficient (Wildman–Crippen LogP) is 4.83. The molecule has 0 spiro atoms. The lowest BCUT2D eigenvalue weighted by Crippen LogP contribution is -2.39. The third kappa shape index (κ3) is 10.8. The molecule has 0 saturated carbocycles. The first-order valence-electron chi connectivity index (χ1n) is 9.19. The Balaban J connectivity index is 0.000000263. The van der Waals surface area contributed by atoms with E-state index >= 15 is 0 Å². The molecule has 0 radical (unpaired) electrons. The summed E-state index contributed by atoms with van der Waals surface area (Å²) in [5.41, 5.74) is 2.30. The number of hydrogen-bond donors (Lipinski definition) is 2. The van der Waals surface area contributed by atoms with E-state index in [-0.39, 0.29) is 16.9 Å². The third-order valence-electron chi connectivity index (χ3n) is 3.54. The van der Waals surface area contributed by atoms with E-state index in [1.54, 1.807) is 0 Å². The molecule has 3 heteroatoms. The normalized spacial score (nSPS) is 11.5. The Morgan fingerprint density at radius 2 is 1.19 bits per heavy atom. The summed E-state index contributed by atoms with van der Waals surface area (Å²) in [6.07, 6.45) is 0. The maximum Gasteiger partial charge on any atom is 0.176 e. The van der Waals surface area contributed by atoms with Crippen LogP contribution in [0.5, 0.6) is 0 Å². The lowest BCUT2D eigenvalue weighted by atomic mass is 10.1. The first-order chi connectivity index (χ1) is 12.1. The zero-order chi connectivity index (χ0) is 19.6. The molecule has 0 fully saturated rings. The Bertz CT molecular complexity index is 637. The number of carbonyl (C=O) groups is 1. The topological polar surface area (TPSA) is 41.1 Å². The molecule has 2 rings (SSSR count). The van der Waals surface area contributed by atoms with E-state index in [1.165, 1.54) is 5.56 Å². The van der Waals surface area contributed by atoms with Gasteiger partial charge in [-0.05, 0) is 47.1 Å². The zero-order valence-electron chi connectivity index (χ0n) is 17.1. The largest absolute Gasteiger partial charge is 0.308 e. The number of carbonyl (C=O) groups excluding carboxylic acids is 1. The number of ketones is 1. The highest BCUT2D eigenvalue weighted by Gasteiger charge is 2.12. The van der Waals surface area contributed by atoms with Gasteiger partial charge in [0, 0.05) is 23.2 Å².